The molecule has 3 rings (SSSR count). The van der Waals surface area contributed by atoms with Crippen LogP contribution in [-0.2, 0) is 9.47 Å². The molecular formula is C18H22N4O3. The minimum absolute atomic E-state index is 0.310. The summed E-state index contributed by atoms with van der Waals surface area (Å²) in [6.07, 6.45) is 1.47. The van der Waals surface area contributed by atoms with Crippen LogP contribution < -0.4 is 5.32 Å². The summed E-state index contributed by atoms with van der Waals surface area (Å²) in [5, 5.41) is 9.35. The SMILES string of the molecule is CCOC(CNc1nccc2ccc(-c3noc(C)n3)cc12)OCC. The molecule has 0 saturated heterocycles. The Kier molecular flexibility index (Phi) is 5.57. The minimum atomic E-state index is -0.310. The van der Waals surface area contributed by atoms with Gasteiger partial charge < -0.3 is 19.3 Å². The topological polar surface area (TPSA) is 82.3 Å². The molecule has 0 aliphatic carbocycles. The molecule has 0 atom stereocenters. The van der Waals surface area contributed by atoms with Gasteiger partial charge in [0.15, 0.2) is 6.29 Å². The molecule has 1 aromatic carbocycles. The Balaban J connectivity index is 1.87. The first kappa shape index (κ1) is 17.3. The molecule has 0 saturated carbocycles. The number of nitrogens with zero attached hydrogens (tertiary/aromatic N) is 3. The van der Waals surface area contributed by atoms with Crippen LogP contribution in [0.4, 0.5) is 5.82 Å². The predicted octanol–water partition coefficient (Wildman–Crippen LogP) is 3.40. The Hall–Kier alpha value is -2.51. The number of nitrogens with one attached hydrogen (secondary N) is 1. The summed E-state index contributed by atoms with van der Waals surface area (Å²) in [7, 11) is 0. The Labute approximate surface area is 146 Å². The Bertz CT molecular complexity index is 828. The van der Waals surface area contributed by atoms with E-state index in [-0.39, 0.29) is 6.29 Å². The third-order valence-electron chi connectivity index (χ3n) is 3.69. The molecule has 0 bridgehead atoms. The molecule has 3 aromatic rings. The molecule has 0 unspecified atom stereocenters. The van der Waals surface area contributed by atoms with Gasteiger partial charge in [-0.1, -0.05) is 17.3 Å². The van der Waals surface area contributed by atoms with E-state index in [4.69, 9.17) is 14.0 Å². The Morgan fingerprint density at radius 2 is 1.96 bits per heavy atom. The molecule has 7 heteroatoms. The van der Waals surface area contributed by atoms with Gasteiger partial charge in [-0.05, 0) is 31.4 Å². The number of pyridine rings is 1. The molecule has 132 valence electrons. The average molecular weight is 342 g/mol. The van der Waals surface area contributed by atoms with Crippen molar-refractivity contribution in [3.05, 3.63) is 36.4 Å². The van der Waals surface area contributed by atoms with E-state index in [0.29, 0.717) is 31.5 Å². The molecular weight excluding hydrogens is 320 g/mol. The van der Waals surface area contributed by atoms with Gasteiger partial charge in [-0.2, -0.15) is 4.98 Å². The van der Waals surface area contributed by atoms with Crippen molar-refractivity contribution in [2.24, 2.45) is 0 Å². The highest BCUT2D eigenvalue weighted by molar-refractivity contribution is 5.94. The number of aromatic nitrogens is 3. The molecule has 7 nitrogen and oxygen atoms in total. The summed E-state index contributed by atoms with van der Waals surface area (Å²) in [4.78, 5) is 8.73. The lowest BCUT2D eigenvalue weighted by Gasteiger charge is -2.18. The summed E-state index contributed by atoms with van der Waals surface area (Å²) in [5.41, 5.74) is 0.881. The first-order valence-corrected chi connectivity index (χ1v) is 8.37. The van der Waals surface area contributed by atoms with E-state index in [9.17, 15) is 0 Å². The van der Waals surface area contributed by atoms with Crippen LogP contribution in [0.15, 0.2) is 35.0 Å². The third-order valence-corrected chi connectivity index (χ3v) is 3.69. The Morgan fingerprint density at radius 1 is 1.16 bits per heavy atom. The van der Waals surface area contributed by atoms with Crippen molar-refractivity contribution < 1.29 is 14.0 Å². The maximum absolute atomic E-state index is 5.57. The highest BCUT2D eigenvalue weighted by Crippen LogP contribution is 2.26. The van der Waals surface area contributed by atoms with E-state index in [0.717, 1.165) is 22.2 Å². The molecule has 0 fully saturated rings. The van der Waals surface area contributed by atoms with Crippen molar-refractivity contribution >= 4 is 16.6 Å². The molecule has 0 aliphatic rings. The standard InChI is InChI=1S/C18H22N4O3/c1-4-23-16(24-5-2)11-20-18-15-10-14(17-21-12(3)25-22-17)7-6-13(15)8-9-19-18/h6-10,16H,4-5,11H2,1-3H3,(H,19,20). The Morgan fingerprint density at radius 3 is 2.64 bits per heavy atom. The molecule has 0 aliphatic heterocycles. The molecule has 0 radical (unpaired) electrons. The van der Waals surface area contributed by atoms with Gasteiger partial charge in [0.2, 0.25) is 11.7 Å². The smallest absolute Gasteiger partial charge is 0.223 e. The summed E-state index contributed by atoms with van der Waals surface area (Å²) in [5.74, 6) is 1.87. The quantitative estimate of drug-likeness (QED) is 0.628. The van der Waals surface area contributed by atoms with E-state index in [1.54, 1.807) is 13.1 Å². The van der Waals surface area contributed by atoms with E-state index in [1.807, 2.05) is 38.1 Å². The van der Waals surface area contributed by atoms with Gasteiger partial charge in [-0.15, -0.1) is 0 Å². The van der Waals surface area contributed by atoms with Crippen molar-refractivity contribution in [3.8, 4) is 11.4 Å². The van der Waals surface area contributed by atoms with Gasteiger partial charge in [0, 0.05) is 37.3 Å². The number of ether oxygens (including phenoxy) is 2. The van der Waals surface area contributed by atoms with Gasteiger partial charge in [0.1, 0.15) is 5.82 Å². The molecule has 0 amide bonds. The number of rotatable bonds is 8. The molecule has 2 aromatic heterocycles. The lowest BCUT2D eigenvalue weighted by molar-refractivity contribution is -0.126. The first-order chi connectivity index (χ1) is 12.2. The molecule has 2 heterocycles. The van der Waals surface area contributed by atoms with Crippen LogP contribution in [-0.4, -0.2) is 41.2 Å². The third kappa shape index (κ3) is 4.12. The fourth-order valence-corrected chi connectivity index (χ4v) is 2.58. The van der Waals surface area contributed by atoms with Gasteiger partial charge in [-0.3, -0.25) is 0 Å². The van der Waals surface area contributed by atoms with Crippen molar-refractivity contribution in [1.29, 1.82) is 0 Å². The van der Waals surface area contributed by atoms with E-state index in [2.05, 4.69) is 20.4 Å². The fourth-order valence-electron chi connectivity index (χ4n) is 2.58. The summed E-state index contributed by atoms with van der Waals surface area (Å²) in [6.45, 7) is 7.36. The van der Waals surface area contributed by atoms with E-state index in [1.165, 1.54) is 0 Å². The number of fused-ring (bicyclic) bond motifs is 1. The van der Waals surface area contributed by atoms with Crippen LogP contribution in [0.3, 0.4) is 0 Å². The predicted molar refractivity (Wildman–Crippen MR) is 95.3 cm³/mol. The molecule has 25 heavy (non-hydrogen) atoms. The fraction of sp³-hybridized carbons (Fsp3) is 0.389. The maximum atomic E-state index is 5.57. The lowest BCUT2D eigenvalue weighted by atomic mass is 10.1. The zero-order valence-corrected chi connectivity index (χ0v) is 14.7. The maximum Gasteiger partial charge on any atom is 0.223 e. The van der Waals surface area contributed by atoms with Crippen LogP contribution in [0.2, 0.25) is 0 Å². The lowest BCUT2D eigenvalue weighted by Crippen LogP contribution is -2.26. The second kappa shape index (κ2) is 8.04. The van der Waals surface area contributed by atoms with Crippen LogP contribution >= 0.6 is 0 Å². The largest absolute Gasteiger partial charge is 0.364 e. The van der Waals surface area contributed by atoms with Crippen LogP contribution in [0.1, 0.15) is 19.7 Å². The van der Waals surface area contributed by atoms with Crippen molar-refractivity contribution in [1.82, 2.24) is 15.1 Å². The van der Waals surface area contributed by atoms with Crippen molar-refractivity contribution in [2.45, 2.75) is 27.1 Å². The normalized spacial score (nSPS) is 11.4. The van der Waals surface area contributed by atoms with E-state index < -0.39 is 0 Å². The highest BCUT2D eigenvalue weighted by Gasteiger charge is 2.12. The van der Waals surface area contributed by atoms with Crippen LogP contribution in [0, 0.1) is 6.92 Å². The number of hydrogen-bond acceptors (Lipinski definition) is 7. The number of hydrogen-bond donors (Lipinski definition) is 1. The van der Waals surface area contributed by atoms with Crippen molar-refractivity contribution in [3.63, 3.8) is 0 Å². The second-order valence-electron chi connectivity index (χ2n) is 5.45. The number of benzene rings is 1. The van der Waals surface area contributed by atoms with Gasteiger partial charge in [-0.25, -0.2) is 4.98 Å². The zero-order chi connectivity index (χ0) is 17.6. The van der Waals surface area contributed by atoms with Crippen molar-refractivity contribution in [2.75, 3.05) is 25.1 Å². The highest BCUT2D eigenvalue weighted by atomic mass is 16.7. The van der Waals surface area contributed by atoms with Gasteiger partial charge >= 0.3 is 0 Å². The van der Waals surface area contributed by atoms with Gasteiger partial charge in [0.05, 0.1) is 6.54 Å². The minimum Gasteiger partial charge on any atom is -0.364 e. The summed E-state index contributed by atoms with van der Waals surface area (Å²) < 4.78 is 16.2. The summed E-state index contributed by atoms with van der Waals surface area (Å²) in [6, 6.07) is 7.96. The summed E-state index contributed by atoms with van der Waals surface area (Å²) >= 11 is 0. The molecule has 0 spiro atoms. The monoisotopic (exact) mass is 342 g/mol. The van der Waals surface area contributed by atoms with Gasteiger partial charge in [0.25, 0.3) is 0 Å². The average Bonchev–Trinajstić information content (AvgIpc) is 3.06. The number of anilines is 1. The zero-order valence-electron chi connectivity index (χ0n) is 14.7. The van der Waals surface area contributed by atoms with Crippen LogP contribution in [0.5, 0.6) is 0 Å². The number of aryl methyl sites for hydroxylation is 1. The van der Waals surface area contributed by atoms with Crippen LogP contribution in [0.25, 0.3) is 22.2 Å². The first-order valence-electron chi connectivity index (χ1n) is 8.37. The molecule has 1 N–H and O–H groups in total. The van der Waals surface area contributed by atoms with E-state index >= 15 is 0 Å². The second-order valence-corrected chi connectivity index (χ2v) is 5.45.